The summed E-state index contributed by atoms with van der Waals surface area (Å²) in [6.45, 7) is 1.95. The zero-order chi connectivity index (χ0) is 44.0. The van der Waals surface area contributed by atoms with Crippen LogP contribution in [0.3, 0.4) is 0 Å². The fourth-order valence-corrected chi connectivity index (χ4v) is 9.52. The van der Waals surface area contributed by atoms with Crippen molar-refractivity contribution in [2.24, 2.45) is 10.3 Å². The molecule has 0 saturated carbocycles. The summed E-state index contributed by atoms with van der Waals surface area (Å²) >= 11 is 4.71. The van der Waals surface area contributed by atoms with Gasteiger partial charge in [0.15, 0.2) is 21.7 Å². The van der Waals surface area contributed by atoms with Crippen LogP contribution in [-0.2, 0) is 57.5 Å². The van der Waals surface area contributed by atoms with Gasteiger partial charge in [-0.25, -0.2) is 19.6 Å². The molecule has 6 rings (SSSR count). The Labute approximate surface area is 382 Å². The number of thiazole rings is 2. The molecular formula is C32H35N10NaO14S4. The van der Waals surface area contributed by atoms with Gasteiger partial charge in [0.25, 0.3) is 23.6 Å². The van der Waals surface area contributed by atoms with Crippen molar-refractivity contribution < 1.29 is 67.7 Å². The van der Waals surface area contributed by atoms with Crippen LogP contribution in [0, 0.1) is 0 Å². The van der Waals surface area contributed by atoms with E-state index in [2.05, 4.69) is 40.6 Å². The number of nitrogen functional groups attached to an aromatic ring is 2. The first-order valence-electron chi connectivity index (χ1n) is 16.8. The first-order chi connectivity index (χ1) is 28.5. The number of aliphatic carboxylic acids is 2. The maximum absolute atomic E-state index is 12.7. The normalized spacial score (nSPS) is 20.6. The average molecular weight is 935 g/mol. The van der Waals surface area contributed by atoms with Crippen molar-refractivity contribution in [1.82, 2.24) is 30.4 Å². The minimum atomic E-state index is -1.32. The standard InChI is InChI=1S/2C16H17N5O7S2.Na.H/c2*1-6(22)28-3-7-4-29-14-10(13(24)21(14)11(7)15(25)26)19-12(23)9(20-27-2)8-5-30-16(17)18-8;;/h2*5,10,14H,3-4H2,1-2H3,(H2,17,18)(H,19,23)(H,25,26);;/b2*20-9+;;/t2*10-,14-;;/m11../s1. The van der Waals surface area contributed by atoms with Crippen LogP contribution in [0.1, 0.15) is 25.2 Å². The van der Waals surface area contributed by atoms with Crippen molar-refractivity contribution >= 4 is 145 Å². The SMILES string of the molecule is CO/N=C(/C(=O)N[C@@H]1C(=O)N2C(C(=O)O)=C(COC(C)=O)CS[C@H]12)c1csc(N)n1.CO/N=C(/C(=O)N[C@@H]1C(=O)N2C(C(=O)O)=C(COC(C)=O)CS[C@H]12)c1csc(N)n1.[NaH]. The molecule has 4 atom stereocenters. The van der Waals surface area contributed by atoms with Crippen LogP contribution in [0.15, 0.2) is 43.6 Å². The third kappa shape index (κ3) is 10.8. The molecule has 322 valence electrons. The Kier molecular flexibility index (Phi) is 16.7. The third-order valence-corrected chi connectivity index (χ3v) is 12.3. The number of fused-ring (bicyclic) bond motifs is 2. The molecule has 4 aliphatic rings. The summed E-state index contributed by atoms with van der Waals surface area (Å²) in [5.74, 6) is -5.96. The predicted molar refractivity (Wildman–Crippen MR) is 220 cm³/mol. The molecule has 29 heteroatoms. The van der Waals surface area contributed by atoms with Gasteiger partial charge in [0.05, 0.1) is 0 Å². The molecule has 2 saturated heterocycles. The van der Waals surface area contributed by atoms with E-state index in [4.69, 9.17) is 20.9 Å². The van der Waals surface area contributed by atoms with Gasteiger partial charge in [-0.1, -0.05) is 10.3 Å². The number of carboxylic acids is 2. The number of hydrogen-bond donors (Lipinski definition) is 6. The predicted octanol–water partition coefficient (Wildman–Crippen LogP) is -1.89. The summed E-state index contributed by atoms with van der Waals surface area (Å²) in [6.07, 6.45) is 0. The Bertz CT molecular complexity index is 2110. The van der Waals surface area contributed by atoms with Gasteiger partial charge in [-0.2, -0.15) is 0 Å². The fourth-order valence-electron chi connectivity index (χ4n) is 5.77. The zero-order valence-corrected chi connectivity index (χ0v) is 34.8. The van der Waals surface area contributed by atoms with Crippen LogP contribution < -0.4 is 22.1 Å². The van der Waals surface area contributed by atoms with Crippen molar-refractivity contribution in [2.45, 2.75) is 36.7 Å². The number of carboxylic acid groups (broad SMARTS) is 2. The van der Waals surface area contributed by atoms with E-state index in [0.29, 0.717) is 11.1 Å². The van der Waals surface area contributed by atoms with Gasteiger partial charge < -0.3 is 51.5 Å². The molecular weight excluding hydrogens is 900 g/mol. The third-order valence-electron chi connectivity index (χ3n) is 8.30. The summed E-state index contributed by atoms with van der Waals surface area (Å²) in [5, 5.41) is 33.7. The second-order valence-corrected chi connectivity index (χ2v) is 16.2. The number of carbonyl (C=O) groups is 8. The number of rotatable bonds is 14. The summed E-state index contributed by atoms with van der Waals surface area (Å²) in [4.78, 5) is 116. The number of nitrogens with two attached hydrogens (primary N) is 2. The molecule has 24 nitrogen and oxygen atoms in total. The van der Waals surface area contributed by atoms with Crippen molar-refractivity contribution in [2.75, 3.05) is 50.4 Å². The molecule has 0 spiro atoms. The van der Waals surface area contributed by atoms with E-state index in [1.54, 1.807) is 0 Å². The molecule has 0 aliphatic carbocycles. The van der Waals surface area contributed by atoms with Gasteiger partial charge in [0.1, 0.15) is 73.0 Å². The minimum absolute atomic E-state index is 0. The number of carbonyl (C=O) groups excluding carboxylic acids is 6. The molecule has 2 aromatic rings. The van der Waals surface area contributed by atoms with Crippen LogP contribution in [0.5, 0.6) is 0 Å². The second kappa shape index (κ2) is 21.0. The zero-order valence-electron chi connectivity index (χ0n) is 31.6. The number of amides is 4. The molecule has 4 aliphatic heterocycles. The van der Waals surface area contributed by atoms with Crippen molar-refractivity contribution in [3.05, 3.63) is 44.7 Å². The molecule has 4 amide bonds. The number of β-lactam (4-membered cyclic amide) rings is 2. The molecule has 0 bridgehead atoms. The van der Waals surface area contributed by atoms with Crippen molar-refractivity contribution in [3.63, 3.8) is 0 Å². The van der Waals surface area contributed by atoms with E-state index in [9.17, 15) is 48.6 Å². The molecule has 61 heavy (non-hydrogen) atoms. The van der Waals surface area contributed by atoms with E-state index in [0.717, 1.165) is 32.5 Å². The van der Waals surface area contributed by atoms with E-state index < -0.39 is 70.3 Å². The number of esters is 2. The Balaban J connectivity index is 0.000000264. The number of nitrogens with one attached hydrogen (secondary N) is 2. The average Bonchev–Trinajstić information content (AvgIpc) is 3.84. The number of thioether (sulfide) groups is 2. The summed E-state index contributed by atoms with van der Waals surface area (Å²) < 4.78 is 9.76. The Morgan fingerprint density at radius 3 is 1.38 bits per heavy atom. The van der Waals surface area contributed by atoms with Crippen molar-refractivity contribution in [3.8, 4) is 0 Å². The second-order valence-electron chi connectivity index (χ2n) is 12.2. The Morgan fingerprint density at radius 2 is 1.10 bits per heavy atom. The van der Waals surface area contributed by atoms with Crippen LogP contribution in [0.2, 0.25) is 0 Å². The van der Waals surface area contributed by atoms with Gasteiger partial charge in [-0.05, 0) is 0 Å². The first-order valence-corrected chi connectivity index (χ1v) is 20.7. The van der Waals surface area contributed by atoms with Crippen LogP contribution in [0.25, 0.3) is 0 Å². The Morgan fingerprint density at radius 1 is 0.738 bits per heavy atom. The Hall–Kier alpha value is -5.26. The number of anilines is 2. The van der Waals surface area contributed by atoms with Gasteiger partial charge in [-0.15, -0.1) is 46.2 Å². The van der Waals surface area contributed by atoms with Gasteiger partial charge >= 0.3 is 53.4 Å². The monoisotopic (exact) mass is 934 g/mol. The van der Waals surface area contributed by atoms with Crippen LogP contribution in [0.4, 0.5) is 10.3 Å². The fraction of sp³-hybridized carbons (Fsp3) is 0.375. The maximum atomic E-state index is 12.7. The topological polar surface area (TPSA) is 347 Å². The number of oxime groups is 2. The van der Waals surface area contributed by atoms with Crippen LogP contribution in [-0.4, -0.2) is 180 Å². The molecule has 0 radical (unpaired) electrons. The molecule has 0 unspecified atom stereocenters. The van der Waals surface area contributed by atoms with Crippen LogP contribution >= 0.6 is 46.2 Å². The molecule has 2 fully saturated rings. The van der Waals surface area contributed by atoms with Gasteiger partial charge in [0.2, 0.25) is 0 Å². The molecule has 6 heterocycles. The van der Waals surface area contributed by atoms with E-state index >= 15 is 0 Å². The van der Waals surface area contributed by atoms with E-state index in [1.165, 1.54) is 62.4 Å². The number of aromatic nitrogens is 2. The summed E-state index contributed by atoms with van der Waals surface area (Å²) in [5.41, 5.74) is 11.3. The van der Waals surface area contributed by atoms with E-state index in [-0.39, 0.29) is 98.7 Å². The number of nitrogens with zero attached hydrogens (tertiary/aromatic N) is 6. The van der Waals surface area contributed by atoms with Crippen molar-refractivity contribution in [1.29, 1.82) is 0 Å². The van der Waals surface area contributed by atoms with E-state index in [1.807, 2.05) is 0 Å². The first kappa shape index (κ1) is 48.4. The number of hydrogen-bond acceptors (Lipinski definition) is 22. The molecule has 2 aromatic heterocycles. The quantitative estimate of drug-likeness (QED) is 0.0396. The summed E-state index contributed by atoms with van der Waals surface area (Å²) in [6, 6.07) is -1.93. The van der Waals surface area contributed by atoms with Gasteiger partial charge in [-0.3, -0.25) is 38.6 Å². The number of ether oxygens (including phenoxy) is 2. The summed E-state index contributed by atoms with van der Waals surface area (Å²) in [7, 11) is 2.51. The van der Waals surface area contributed by atoms with Gasteiger partial charge in [0, 0.05) is 47.3 Å². The molecule has 0 aromatic carbocycles. The molecule has 8 N–H and O–H groups in total.